The lowest BCUT2D eigenvalue weighted by Crippen LogP contribution is -2.48. The summed E-state index contributed by atoms with van der Waals surface area (Å²) >= 11 is 0. The van der Waals surface area contributed by atoms with E-state index in [0.717, 1.165) is 6.42 Å². The number of aliphatic hydroxyl groups excluding tert-OH is 1. The van der Waals surface area contributed by atoms with Crippen molar-refractivity contribution in [1.82, 2.24) is 9.21 Å². The van der Waals surface area contributed by atoms with Gasteiger partial charge in [-0.25, -0.2) is 17.6 Å². The monoisotopic (exact) mass is 714 g/mol. The molecule has 0 aromatic heterocycles. The number of nitrogens with one attached hydrogen (secondary N) is 2. The third-order valence-electron chi connectivity index (χ3n) is 8.62. The molecule has 12 nitrogen and oxygen atoms in total. The van der Waals surface area contributed by atoms with E-state index in [9.17, 15) is 27.5 Å². The number of urea groups is 1. The summed E-state index contributed by atoms with van der Waals surface area (Å²) in [6, 6.07) is 15.0. The second kappa shape index (κ2) is 17.6. The molecule has 3 N–H and O–H groups in total. The van der Waals surface area contributed by atoms with Gasteiger partial charge in [0.25, 0.3) is 5.91 Å². The Hall–Kier alpha value is -4.24. The Balaban J connectivity index is 1.61. The summed E-state index contributed by atoms with van der Waals surface area (Å²) in [4.78, 5) is 28.8. The van der Waals surface area contributed by atoms with Crippen molar-refractivity contribution in [3.8, 4) is 11.5 Å². The Morgan fingerprint density at radius 2 is 1.72 bits per heavy atom. The average Bonchev–Trinajstić information content (AvgIpc) is 3.10. The number of hydrogen-bond donors (Lipinski definition) is 3. The van der Waals surface area contributed by atoms with E-state index in [1.165, 1.54) is 65.8 Å². The molecule has 0 fully saturated rings. The van der Waals surface area contributed by atoms with E-state index in [1.54, 1.807) is 31.2 Å². The maximum absolute atomic E-state index is 14.4. The summed E-state index contributed by atoms with van der Waals surface area (Å²) in [6.45, 7) is 5.70. The van der Waals surface area contributed by atoms with Crippen LogP contribution in [-0.4, -0.2) is 93.4 Å². The molecule has 0 saturated heterocycles. The summed E-state index contributed by atoms with van der Waals surface area (Å²) in [5.74, 6) is -0.386. The third-order valence-corrected chi connectivity index (χ3v) is 10.5. The number of carbonyl (C=O) groups excluding carboxylic acids is 2. The van der Waals surface area contributed by atoms with Crippen LogP contribution in [0.3, 0.4) is 0 Å². The highest BCUT2D eigenvalue weighted by molar-refractivity contribution is 7.89. The van der Waals surface area contributed by atoms with Gasteiger partial charge in [-0.15, -0.1) is 0 Å². The van der Waals surface area contributed by atoms with Crippen LogP contribution in [0.15, 0.2) is 71.6 Å². The van der Waals surface area contributed by atoms with Crippen molar-refractivity contribution in [3.05, 3.63) is 78.1 Å². The molecule has 1 heterocycles. The first-order valence-electron chi connectivity index (χ1n) is 16.6. The number of anilines is 2. The van der Waals surface area contributed by atoms with Crippen molar-refractivity contribution >= 4 is 33.3 Å². The SMILES string of the molecule is COc1ccc(S(=O)(=O)N(C)C[C@@H]2OCCCC[C@H](C)Oc3ccc(NC(=O)Nc4ccc(F)cc4)cc3C(=O)N([C@H](C)CO)C[C@@H]2C)cc1. The molecule has 0 radical (unpaired) electrons. The molecule has 272 valence electrons. The molecule has 1 aliphatic heterocycles. The van der Waals surface area contributed by atoms with Gasteiger partial charge >= 0.3 is 6.03 Å². The van der Waals surface area contributed by atoms with E-state index in [-0.39, 0.29) is 42.2 Å². The maximum Gasteiger partial charge on any atom is 0.323 e. The first-order chi connectivity index (χ1) is 23.8. The fourth-order valence-corrected chi connectivity index (χ4v) is 6.75. The van der Waals surface area contributed by atoms with E-state index in [0.29, 0.717) is 42.3 Å². The molecule has 3 amide bonds. The van der Waals surface area contributed by atoms with Crippen molar-refractivity contribution in [2.45, 2.75) is 63.2 Å². The predicted octanol–water partition coefficient (Wildman–Crippen LogP) is 5.59. The third kappa shape index (κ3) is 10.2. The number of methoxy groups -OCH3 is 1. The van der Waals surface area contributed by atoms with Crippen molar-refractivity contribution in [2.24, 2.45) is 5.92 Å². The number of ether oxygens (including phenoxy) is 3. The largest absolute Gasteiger partial charge is 0.497 e. The highest BCUT2D eigenvalue weighted by atomic mass is 32.2. The Morgan fingerprint density at radius 3 is 2.38 bits per heavy atom. The standard InChI is InChI=1S/C36H47FN4O8S/c1-24-21-41(25(2)23-42)35(43)32-20-29(39-36(44)38-28-11-9-27(37)10-12-28)13-18-33(32)49-26(3)8-6-7-19-48-34(24)22-40(4)50(45,46)31-16-14-30(47-5)15-17-31/h9-18,20,24-26,34,42H,6-8,19,21-23H2,1-5H3,(H2,38,39,44)/t24-,25+,26-,34-/m0/s1. The number of fused-ring (bicyclic) bond motifs is 1. The van der Waals surface area contributed by atoms with Gasteiger partial charge in [-0.2, -0.15) is 4.31 Å². The molecule has 4 atom stereocenters. The van der Waals surface area contributed by atoms with Crippen LogP contribution < -0.4 is 20.1 Å². The molecule has 0 unspecified atom stereocenters. The van der Waals surface area contributed by atoms with Crippen molar-refractivity contribution < 1.29 is 41.7 Å². The number of nitrogens with zero attached hydrogens (tertiary/aromatic N) is 2. The Morgan fingerprint density at radius 1 is 1.06 bits per heavy atom. The smallest absolute Gasteiger partial charge is 0.323 e. The first-order valence-corrected chi connectivity index (χ1v) is 18.0. The molecule has 4 rings (SSSR count). The summed E-state index contributed by atoms with van der Waals surface area (Å²) in [5, 5.41) is 15.6. The zero-order chi connectivity index (χ0) is 36.4. The molecule has 0 spiro atoms. The molecular formula is C36H47FN4O8S. The highest BCUT2D eigenvalue weighted by Crippen LogP contribution is 2.29. The minimum absolute atomic E-state index is 0.0262. The van der Waals surface area contributed by atoms with Crippen molar-refractivity contribution in [1.29, 1.82) is 0 Å². The zero-order valence-corrected chi connectivity index (χ0v) is 29.9. The molecule has 1 aliphatic rings. The lowest BCUT2D eigenvalue weighted by Gasteiger charge is -2.35. The van der Waals surface area contributed by atoms with Crippen LogP contribution in [0.25, 0.3) is 0 Å². The summed E-state index contributed by atoms with van der Waals surface area (Å²) in [5.41, 5.74) is 0.870. The average molecular weight is 715 g/mol. The van der Waals surface area contributed by atoms with Gasteiger partial charge in [0.2, 0.25) is 10.0 Å². The minimum atomic E-state index is -3.87. The topological polar surface area (TPSA) is 147 Å². The number of aliphatic hydroxyl groups is 1. The number of hydrogen-bond acceptors (Lipinski definition) is 8. The van der Waals surface area contributed by atoms with Crippen LogP contribution in [0.4, 0.5) is 20.6 Å². The molecule has 0 bridgehead atoms. The molecule has 0 aliphatic carbocycles. The van der Waals surface area contributed by atoms with Gasteiger partial charge in [0, 0.05) is 44.0 Å². The first kappa shape index (κ1) is 38.6. The van der Waals surface area contributed by atoms with Crippen LogP contribution >= 0.6 is 0 Å². The number of sulfonamides is 1. The Kier molecular flexibility index (Phi) is 13.6. The van der Waals surface area contributed by atoms with Crippen LogP contribution in [0.1, 0.15) is 50.4 Å². The zero-order valence-electron chi connectivity index (χ0n) is 29.1. The van der Waals surface area contributed by atoms with E-state index in [1.807, 2.05) is 13.8 Å². The van der Waals surface area contributed by atoms with Gasteiger partial charge in [0.05, 0.1) is 42.4 Å². The van der Waals surface area contributed by atoms with Gasteiger partial charge in [-0.05, 0) is 99.8 Å². The van der Waals surface area contributed by atoms with E-state index in [2.05, 4.69) is 10.6 Å². The fourth-order valence-electron chi connectivity index (χ4n) is 5.57. The van der Waals surface area contributed by atoms with E-state index >= 15 is 0 Å². The van der Waals surface area contributed by atoms with Crippen LogP contribution in [0, 0.1) is 11.7 Å². The molecule has 0 saturated carbocycles. The van der Waals surface area contributed by atoms with Gasteiger partial charge in [-0.1, -0.05) is 6.92 Å². The van der Waals surface area contributed by atoms with E-state index in [4.69, 9.17) is 14.2 Å². The molecular weight excluding hydrogens is 667 g/mol. The Labute approximate surface area is 293 Å². The second-order valence-corrected chi connectivity index (χ2v) is 14.6. The lowest BCUT2D eigenvalue weighted by molar-refractivity contribution is -0.00834. The second-order valence-electron chi connectivity index (χ2n) is 12.6. The summed E-state index contributed by atoms with van der Waals surface area (Å²) in [6.07, 6.45) is 1.29. The lowest BCUT2D eigenvalue weighted by atomic mass is 10.0. The molecule has 50 heavy (non-hydrogen) atoms. The van der Waals surface area contributed by atoms with Crippen LogP contribution in [0.2, 0.25) is 0 Å². The number of likely N-dealkylation sites (N-methyl/N-ethyl adjacent to an activating group) is 1. The number of rotatable bonds is 9. The summed E-state index contributed by atoms with van der Waals surface area (Å²) < 4.78 is 59.3. The van der Waals surface area contributed by atoms with E-state index < -0.39 is 39.9 Å². The van der Waals surface area contributed by atoms with Gasteiger partial charge in [0.1, 0.15) is 17.3 Å². The maximum atomic E-state index is 14.4. The summed E-state index contributed by atoms with van der Waals surface area (Å²) in [7, 11) is -0.870. The Bertz CT molecular complexity index is 1690. The van der Waals surface area contributed by atoms with Crippen LogP contribution in [0.5, 0.6) is 11.5 Å². The number of amides is 3. The minimum Gasteiger partial charge on any atom is -0.497 e. The quantitative estimate of drug-likeness (QED) is 0.260. The van der Waals surface area contributed by atoms with Crippen LogP contribution in [-0.2, 0) is 14.8 Å². The highest BCUT2D eigenvalue weighted by Gasteiger charge is 2.32. The molecule has 14 heteroatoms. The van der Waals surface area contributed by atoms with Gasteiger partial charge < -0.3 is 34.9 Å². The normalized spacial score (nSPS) is 19.9. The predicted molar refractivity (Wildman–Crippen MR) is 189 cm³/mol. The number of benzene rings is 3. The number of halogens is 1. The van der Waals surface area contributed by atoms with Gasteiger partial charge in [0.15, 0.2) is 0 Å². The number of carbonyl (C=O) groups is 2. The molecule has 3 aromatic rings. The molecule has 3 aromatic carbocycles. The fraction of sp³-hybridized carbons (Fsp3) is 0.444. The van der Waals surface area contributed by atoms with Gasteiger partial charge in [-0.3, -0.25) is 4.79 Å². The van der Waals surface area contributed by atoms with Crippen molar-refractivity contribution in [3.63, 3.8) is 0 Å². The van der Waals surface area contributed by atoms with Crippen molar-refractivity contribution in [2.75, 3.05) is 51.1 Å².